The second kappa shape index (κ2) is 11.2. The van der Waals surface area contributed by atoms with Crippen LogP contribution in [0.25, 0.3) is 11.3 Å². The summed E-state index contributed by atoms with van der Waals surface area (Å²) in [4.78, 5) is 30.5. The smallest absolute Gasteiger partial charge is 0.335 e. The first kappa shape index (κ1) is 26.3. The van der Waals surface area contributed by atoms with Crippen LogP contribution in [0.15, 0.2) is 83.4 Å². The maximum Gasteiger partial charge on any atom is 0.335 e. The van der Waals surface area contributed by atoms with Crippen LogP contribution in [0.3, 0.4) is 0 Å². The summed E-state index contributed by atoms with van der Waals surface area (Å²) >= 11 is 12.0. The minimum atomic E-state index is -1.08. The molecule has 3 N–H and O–H groups in total. The summed E-state index contributed by atoms with van der Waals surface area (Å²) in [5, 5.41) is 16.0. The minimum Gasteiger partial charge on any atom is -0.478 e. The van der Waals surface area contributed by atoms with Gasteiger partial charge in [-0.2, -0.15) is 0 Å². The summed E-state index contributed by atoms with van der Waals surface area (Å²) < 4.78 is 20.2. The van der Waals surface area contributed by atoms with E-state index in [9.17, 15) is 19.1 Å². The SMILES string of the molecule is O=C(CCN1C(=S)N[C@H](c2ccccn2)[C@H]1c1ccc(-c2cc(C(=O)O)ccc2Cl)o1)Nc1ccccc1F. The molecule has 1 saturated heterocycles. The van der Waals surface area contributed by atoms with Crippen LogP contribution in [0.4, 0.5) is 10.1 Å². The van der Waals surface area contributed by atoms with Crippen LogP contribution in [-0.2, 0) is 4.79 Å². The zero-order valence-electron chi connectivity index (χ0n) is 20.3. The van der Waals surface area contributed by atoms with Crippen LogP contribution in [-0.4, -0.2) is 38.5 Å². The molecule has 1 aliphatic rings. The van der Waals surface area contributed by atoms with Crippen molar-refractivity contribution in [1.29, 1.82) is 0 Å². The number of carbonyl (C=O) groups is 2. The van der Waals surface area contributed by atoms with Gasteiger partial charge in [0.2, 0.25) is 5.91 Å². The lowest BCUT2D eigenvalue weighted by Crippen LogP contribution is -2.32. The van der Waals surface area contributed by atoms with E-state index in [1.165, 1.54) is 30.3 Å². The highest BCUT2D eigenvalue weighted by Gasteiger charge is 2.41. The molecule has 2 aromatic heterocycles. The van der Waals surface area contributed by atoms with Crippen molar-refractivity contribution in [1.82, 2.24) is 15.2 Å². The van der Waals surface area contributed by atoms with Gasteiger partial charge in [0, 0.05) is 24.7 Å². The number of furan rings is 1. The first-order chi connectivity index (χ1) is 18.8. The van der Waals surface area contributed by atoms with E-state index in [4.69, 9.17) is 28.2 Å². The highest BCUT2D eigenvalue weighted by molar-refractivity contribution is 7.80. The van der Waals surface area contributed by atoms with Crippen LogP contribution in [0, 0.1) is 5.82 Å². The number of anilines is 1. The molecule has 3 heterocycles. The Morgan fingerprint density at radius 1 is 1.13 bits per heavy atom. The van der Waals surface area contributed by atoms with E-state index in [1.54, 1.807) is 36.5 Å². The molecule has 8 nitrogen and oxygen atoms in total. The van der Waals surface area contributed by atoms with Crippen molar-refractivity contribution in [2.75, 3.05) is 11.9 Å². The van der Waals surface area contributed by atoms with E-state index in [0.29, 0.717) is 32.9 Å². The number of nitrogens with zero attached hydrogens (tertiary/aromatic N) is 2. The predicted molar refractivity (Wildman–Crippen MR) is 148 cm³/mol. The first-order valence-corrected chi connectivity index (χ1v) is 12.8. The van der Waals surface area contributed by atoms with E-state index in [0.717, 1.165) is 0 Å². The quantitative estimate of drug-likeness (QED) is 0.229. The Kier molecular flexibility index (Phi) is 7.58. The first-order valence-electron chi connectivity index (χ1n) is 12.0. The number of hydrogen-bond acceptors (Lipinski definition) is 5. The van der Waals surface area contributed by atoms with Gasteiger partial charge in [-0.1, -0.05) is 29.8 Å². The van der Waals surface area contributed by atoms with Crippen LogP contribution in [0.2, 0.25) is 5.02 Å². The molecule has 4 aromatic rings. The molecule has 11 heteroatoms. The maximum atomic E-state index is 14.0. The van der Waals surface area contributed by atoms with E-state index < -0.39 is 23.9 Å². The maximum absolute atomic E-state index is 14.0. The van der Waals surface area contributed by atoms with Gasteiger partial charge < -0.3 is 25.1 Å². The molecular weight excluding hydrogens is 543 g/mol. The Hall–Kier alpha value is -4.28. The fourth-order valence-electron chi connectivity index (χ4n) is 4.46. The van der Waals surface area contributed by atoms with Crippen molar-refractivity contribution in [3.8, 4) is 11.3 Å². The van der Waals surface area contributed by atoms with Gasteiger partial charge in [0.1, 0.15) is 23.4 Å². The Bertz CT molecular complexity index is 1550. The van der Waals surface area contributed by atoms with Crippen molar-refractivity contribution >= 4 is 46.5 Å². The third-order valence-corrected chi connectivity index (χ3v) is 7.00. The van der Waals surface area contributed by atoms with Crippen LogP contribution < -0.4 is 10.6 Å². The van der Waals surface area contributed by atoms with Gasteiger partial charge in [-0.15, -0.1) is 0 Å². The number of carboxylic acid groups (broad SMARTS) is 1. The number of pyridine rings is 1. The number of aromatic carboxylic acids is 1. The fourth-order valence-corrected chi connectivity index (χ4v) is 5.00. The van der Waals surface area contributed by atoms with E-state index in [1.807, 2.05) is 17.0 Å². The van der Waals surface area contributed by atoms with Gasteiger partial charge >= 0.3 is 5.97 Å². The molecule has 0 radical (unpaired) electrons. The number of halogens is 2. The van der Waals surface area contributed by atoms with E-state index >= 15 is 0 Å². The van der Waals surface area contributed by atoms with Crippen LogP contribution >= 0.6 is 23.8 Å². The molecule has 2 atom stereocenters. The fraction of sp³-hybridized carbons (Fsp3) is 0.143. The number of carbonyl (C=O) groups excluding carboxylic acids is 1. The summed E-state index contributed by atoms with van der Waals surface area (Å²) in [5.74, 6) is -1.08. The number of para-hydroxylation sites is 1. The Morgan fingerprint density at radius 2 is 1.92 bits per heavy atom. The molecule has 1 fully saturated rings. The van der Waals surface area contributed by atoms with Crippen molar-refractivity contribution < 1.29 is 23.5 Å². The summed E-state index contributed by atoms with van der Waals surface area (Å²) in [6.07, 6.45) is 1.70. The topological polar surface area (TPSA) is 108 Å². The van der Waals surface area contributed by atoms with Gasteiger partial charge in [0.15, 0.2) is 5.11 Å². The van der Waals surface area contributed by atoms with Crippen LogP contribution in [0.1, 0.15) is 40.3 Å². The Morgan fingerprint density at radius 3 is 2.67 bits per heavy atom. The molecule has 1 aliphatic heterocycles. The van der Waals surface area contributed by atoms with Crippen molar-refractivity contribution in [3.05, 3.63) is 107 Å². The second-order valence-corrected chi connectivity index (χ2v) is 9.59. The van der Waals surface area contributed by atoms with Crippen molar-refractivity contribution in [2.24, 2.45) is 0 Å². The molecule has 0 spiro atoms. The largest absolute Gasteiger partial charge is 0.478 e. The number of nitrogens with one attached hydrogen (secondary N) is 2. The average molecular weight is 565 g/mol. The third-order valence-electron chi connectivity index (χ3n) is 6.32. The third kappa shape index (κ3) is 5.62. The van der Waals surface area contributed by atoms with Crippen molar-refractivity contribution in [3.63, 3.8) is 0 Å². The van der Waals surface area contributed by atoms with Gasteiger partial charge in [0.05, 0.1) is 28.0 Å². The number of rotatable bonds is 8. The molecule has 0 unspecified atom stereocenters. The number of hydrogen-bond donors (Lipinski definition) is 3. The monoisotopic (exact) mass is 564 g/mol. The lowest BCUT2D eigenvalue weighted by Gasteiger charge is -2.25. The number of thiocarbonyl (C=S) groups is 1. The van der Waals surface area contributed by atoms with Gasteiger partial charge in [-0.3, -0.25) is 9.78 Å². The number of carboxylic acids is 1. The standard InChI is InChI=1S/C28H22ClFN4O4S/c29-18-9-8-16(27(36)37)15-17(18)22-10-11-23(38-22)26-25(21-7-3-4-13-31-21)33-28(39)34(26)14-12-24(35)32-20-6-2-1-5-19(20)30/h1-11,13,15,25-26H,12,14H2,(H,32,35)(H,33,39)(H,36,37)/t25-,26-/m1/s1. The van der Waals surface area contributed by atoms with Gasteiger partial charge in [-0.05, 0) is 66.8 Å². The molecule has 1 amide bonds. The summed E-state index contributed by atoms with van der Waals surface area (Å²) in [6, 6.07) is 18.4. The summed E-state index contributed by atoms with van der Waals surface area (Å²) in [7, 11) is 0. The molecule has 0 saturated carbocycles. The number of aromatic nitrogens is 1. The summed E-state index contributed by atoms with van der Waals surface area (Å²) in [6.45, 7) is 0.214. The zero-order chi connectivity index (χ0) is 27.5. The van der Waals surface area contributed by atoms with Crippen molar-refractivity contribution in [2.45, 2.75) is 18.5 Å². The molecular formula is C28H22ClFN4O4S. The Labute approximate surface area is 233 Å². The molecule has 198 valence electrons. The normalized spacial score (nSPS) is 16.7. The van der Waals surface area contributed by atoms with E-state index in [2.05, 4.69) is 15.6 Å². The highest BCUT2D eigenvalue weighted by Crippen LogP contribution is 2.41. The lowest BCUT2D eigenvalue weighted by atomic mass is 10.0. The van der Waals surface area contributed by atoms with Gasteiger partial charge in [0.25, 0.3) is 0 Å². The molecule has 0 aliphatic carbocycles. The zero-order valence-corrected chi connectivity index (χ0v) is 21.9. The van der Waals surface area contributed by atoms with Crippen LogP contribution in [0.5, 0.6) is 0 Å². The average Bonchev–Trinajstić information content (AvgIpc) is 3.54. The molecule has 5 rings (SSSR count). The van der Waals surface area contributed by atoms with Gasteiger partial charge in [-0.25, -0.2) is 9.18 Å². The molecule has 2 aromatic carbocycles. The lowest BCUT2D eigenvalue weighted by molar-refractivity contribution is -0.116. The minimum absolute atomic E-state index is 0.0294. The Balaban J connectivity index is 1.43. The molecule has 0 bridgehead atoms. The molecule has 39 heavy (non-hydrogen) atoms. The number of benzene rings is 2. The summed E-state index contributed by atoms with van der Waals surface area (Å²) in [5.41, 5.74) is 1.32. The second-order valence-electron chi connectivity index (χ2n) is 8.80. The van der Waals surface area contributed by atoms with E-state index in [-0.39, 0.29) is 30.1 Å². The predicted octanol–water partition coefficient (Wildman–Crippen LogP) is 5.83. The highest BCUT2D eigenvalue weighted by atomic mass is 35.5. The number of amides is 1.